The maximum atomic E-state index is 12.3. The van der Waals surface area contributed by atoms with Gasteiger partial charge in [-0.3, -0.25) is 9.20 Å². The zero-order valence-electron chi connectivity index (χ0n) is 13.0. The van der Waals surface area contributed by atoms with Crippen molar-refractivity contribution in [3.8, 4) is 11.3 Å². The number of hydrogen-bond donors (Lipinski definition) is 0. The molecule has 0 amide bonds. The van der Waals surface area contributed by atoms with Gasteiger partial charge < -0.3 is 4.57 Å². The molecule has 2 heterocycles. The molecule has 0 saturated heterocycles. The number of aryl methyl sites for hydroxylation is 2. The Balaban J connectivity index is 2.11. The first-order chi connectivity index (χ1) is 11.1. The minimum Gasteiger partial charge on any atom is -0.315 e. The summed E-state index contributed by atoms with van der Waals surface area (Å²) in [6.07, 6.45) is 5.58. The monoisotopic (exact) mass is 327 g/mol. The molecule has 0 aliphatic rings. The van der Waals surface area contributed by atoms with Gasteiger partial charge in [-0.05, 0) is 31.9 Å². The Morgan fingerprint density at radius 3 is 2.74 bits per heavy atom. The van der Waals surface area contributed by atoms with Gasteiger partial charge in [0.1, 0.15) is 0 Å². The van der Waals surface area contributed by atoms with Crippen LogP contribution >= 0.6 is 11.6 Å². The van der Waals surface area contributed by atoms with E-state index in [2.05, 4.69) is 16.1 Å². The standard InChI is InChI=1S/C18H18ClN3O/c1-3-4-5-10-21-13(2)11-17(23)22-12-16(20-18(21)22)14-6-8-15(19)9-7-14/h3,6-9,11-12H,1,4-5,10H2,2H3. The molecule has 2 aromatic heterocycles. The van der Waals surface area contributed by atoms with Crippen LogP contribution in [0.5, 0.6) is 0 Å². The number of fused-ring (bicyclic) bond motifs is 1. The van der Waals surface area contributed by atoms with Crippen LogP contribution < -0.4 is 5.56 Å². The number of benzene rings is 1. The Morgan fingerprint density at radius 2 is 2.04 bits per heavy atom. The lowest BCUT2D eigenvalue weighted by Crippen LogP contribution is -2.18. The minimum absolute atomic E-state index is 0.0646. The lowest BCUT2D eigenvalue weighted by molar-refractivity contribution is 0.631. The van der Waals surface area contributed by atoms with Crippen molar-refractivity contribution in [2.75, 3.05) is 0 Å². The molecule has 23 heavy (non-hydrogen) atoms. The van der Waals surface area contributed by atoms with Gasteiger partial charge in [-0.25, -0.2) is 4.98 Å². The van der Waals surface area contributed by atoms with E-state index >= 15 is 0 Å². The fourth-order valence-electron chi connectivity index (χ4n) is 2.64. The predicted octanol–water partition coefficient (Wildman–Crippen LogP) is 4.09. The third kappa shape index (κ3) is 3.08. The Bertz CT molecular complexity index is 906. The molecular formula is C18H18ClN3O. The van der Waals surface area contributed by atoms with Crippen LogP contribution in [-0.4, -0.2) is 14.0 Å². The third-order valence-electron chi connectivity index (χ3n) is 3.85. The summed E-state index contributed by atoms with van der Waals surface area (Å²) in [6.45, 7) is 6.49. The van der Waals surface area contributed by atoms with Crippen LogP contribution in [0.25, 0.3) is 17.0 Å². The summed E-state index contributed by atoms with van der Waals surface area (Å²) >= 11 is 5.93. The number of imidazole rings is 1. The quantitative estimate of drug-likeness (QED) is 0.523. The van der Waals surface area contributed by atoms with Crippen molar-refractivity contribution < 1.29 is 0 Å². The van der Waals surface area contributed by atoms with E-state index in [1.54, 1.807) is 16.7 Å². The molecule has 4 nitrogen and oxygen atoms in total. The maximum absolute atomic E-state index is 12.3. The van der Waals surface area contributed by atoms with E-state index < -0.39 is 0 Å². The van der Waals surface area contributed by atoms with Crippen molar-refractivity contribution in [1.82, 2.24) is 14.0 Å². The number of hydrogen-bond acceptors (Lipinski definition) is 2. The highest BCUT2D eigenvalue weighted by Gasteiger charge is 2.11. The number of nitrogens with zero attached hydrogens (tertiary/aromatic N) is 3. The van der Waals surface area contributed by atoms with E-state index in [-0.39, 0.29) is 5.56 Å². The predicted molar refractivity (Wildman–Crippen MR) is 94.1 cm³/mol. The fraction of sp³-hybridized carbons (Fsp3) is 0.222. The van der Waals surface area contributed by atoms with Gasteiger partial charge in [0.15, 0.2) is 0 Å². The Labute approximate surface area is 139 Å². The molecule has 5 heteroatoms. The first kappa shape index (κ1) is 15.6. The SMILES string of the molecule is C=CCCCn1c(C)cc(=O)n2cc(-c3ccc(Cl)cc3)nc12. The van der Waals surface area contributed by atoms with Crippen molar-refractivity contribution in [3.05, 3.63) is 70.3 Å². The lowest BCUT2D eigenvalue weighted by atomic mass is 10.2. The van der Waals surface area contributed by atoms with Gasteiger partial charge in [-0.1, -0.05) is 29.8 Å². The zero-order chi connectivity index (χ0) is 16.4. The third-order valence-corrected chi connectivity index (χ3v) is 4.11. The Kier molecular flexibility index (Phi) is 4.35. The molecule has 0 fully saturated rings. The molecule has 0 unspecified atom stereocenters. The van der Waals surface area contributed by atoms with Crippen LogP contribution in [0.2, 0.25) is 5.02 Å². The molecule has 3 rings (SSSR count). The average Bonchev–Trinajstić information content (AvgIpc) is 2.97. The summed E-state index contributed by atoms with van der Waals surface area (Å²) in [7, 11) is 0. The van der Waals surface area contributed by atoms with Crippen molar-refractivity contribution in [2.24, 2.45) is 0 Å². The van der Waals surface area contributed by atoms with Gasteiger partial charge >= 0.3 is 0 Å². The normalized spacial score (nSPS) is 11.0. The molecule has 0 aliphatic heterocycles. The van der Waals surface area contributed by atoms with Gasteiger partial charge in [0, 0.05) is 35.1 Å². The zero-order valence-corrected chi connectivity index (χ0v) is 13.8. The van der Waals surface area contributed by atoms with E-state index in [4.69, 9.17) is 11.6 Å². The van der Waals surface area contributed by atoms with Gasteiger partial charge in [0.25, 0.3) is 5.56 Å². The molecular weight excluding hydrogens is 310 g/mol. The van der Waals surface area contributed by atoms with Gasteiger partial charge in [0.2, 0.25) is 5.78 Å². The summed E-state index contributed by atoms with van der Waals surface area (Å²) in [5.41, 5.74) is 2.56. The first-order valence-corrected chi connectivity index (χ1v) is 7.94. The minimum atomic E-state index is -0.0646. The summed E-state index contributed by atoms with van der Waals surface area (Å²) in [5, 5.41) is 0.678. The molecule has 1 aromatic carbocycles. The van der Waals surface area contributed by atoms with Crippen molar-refractivity contribution in [3.63, 3.8) is 0 Å². The second-order valence-electron chi connectivity index (χ2n) is 5.51. The molecule has 0 saturated carbocycles. The van der Waals surface area contributed by atoms with Crippen LogP contribution in [0.3, 0.4) is 0 Å². The fourth-order valence-corrected chi connectivity index (χ4v) is 2.76. The highest BCUT2D eigenvalue weighted by atomic mass is 35.5. The second kappa shape index (κ2) is 6.42. The molecule has 118 valence electrons. The van der Waals surface area contributed by atoms with Crippen LogP contribution in [0.15, 0.2) is 54.0 Å². The maximum Gasteiger partial charge on any atom is 0.259 e. The second-order valence-corrected chi connectivity index (χ2v) is 5.95. The number of aromatic nitrogens is 3. The van der Waals surface area contributed by atoms with Gasteiger partial charge in [0.05, 0.1) is 5.69 Å². The summed E-state index contributed by atoms with van der Waals surface area (Å²) in [4.78, 5) is 16.9. The molecule has 0 spiro atoms. The average molecular weight is 328 g/mol. The number of unbranched alkanes of at least 4 members (excludes halogenated alkanes) is 1. The van der Waals surface area contributed by atoms with E-state index in [9.17, 15) is 4.79 Å². The number of rotatable bonds is 5. The highest BCUT2D eigenvalue weighted by molar-refractivity contribution is 6.30. The summed E-state index contributed by atoms with van der Waals surface area (Å²) in [5.74, 6) is 0.670. The van der Waals surface area contributed by atoms with Crippen LogP contribution in [-0.2, 0) is 6.54 Å². The molecule has 0 bridgehead atoms. The molecule has 3 aromatic rings. The van der Waals surface area contributed by atoms with E-state index in [0.29, 0.717) is 10.8 Å². The summed E-state index contributed by atoms with van der Waals surface area (Å²) in [6, 6.07) is 9.10. The first-order valence-electron chi connectivity index (χ1n) is 7.56. The number of halogens is 1. The largest absolute Gasteiger partial charge is 0.315 e. The molecule has 0 aliphatic carbocycles. The van der Waals surface area contributed by atoms with Gasteiger partial charge in [-0.2, -0.15) is 0 Å². The molecule has 0 radical (unpaired) electrons. The van der Waals surface area contributed by atoms with Gasteiger partial charge in [-0.15, -0.1) is 6.58 Å². The van der Waals surface area contributed by atoms with Crippen LogP contribution in [0.4, 0.5) is 0 Å². The smallest absolute Gasteiger partial charge is 0.259 e. The lowest BCUT2D eigenvalue weighted by Gasteiger charge is -2.11. The number of allylic oxidation sites excluding steroid dienone is 1. The Morgan fingerprint density at radius 1 is 1.30 bits per heavy atom. The van der Waals surface area contributed by atoms with Crippen molar-refractivity contribution >= 4 is 17.4 Å². The van der Waals surface area contributed by atoms with E-state index in [0.717, 1.165) is 36.3 Å². The van der Waals surface area contributed by atoms with E-state index in [1.165, 1.54) is 0 Å². The van der Waals surface area contributed by atoms with E-state index in [1.807, 2.05) is 37.3 Å². The van der Waals surface area contributed by atoms with Crippen LogP contribution in [0.1, 0.15) is 18.5 Å². The topological polar surface area (TPSA) is 39.3 Å². The Hall–Kier alpha value is -2.33. The van der Waals surface area contributed by atoms with Crippen LogP contribution in [0, 0.1) is 6.92 Å². The van der Waals surface area contributed by atoms with Crippen molar-refractivity contribution in [2.45, 2.75) is 26.3 Å². The molecule has 0 atom stereocenters. The van der Waals surface area contributed by atoms with Crippen molar-refractivity contribution in [1.29, 1.82) is 0 Å². The molecule has 0 N–H and O–H groups in total. The summed E-state index contributed by atoms with van der Waals surface area (Å²) < 4.78 is 3.68. The highest BCUT2D eigenvalue weighted by Crippen LogP contribution is 2.21.